The maximum absolute atomic E-state index is 13.1. The molecule has 0 fully saturated rings. The maximum Gasteiger partial charge on any atom is 0.261 e. The fraction of sp³-hybridized carbons (Fsp3) is 0.174. The van der Waals surface area contributed by atoms with Gasteiger partial charge < -0.3 is 5.32 Å². The minimum Gasteiger partial charge on any atom is -0.346 e. The van der Waals surface area contributed by atoms with Crippen LogP contribution in [0.1, 0.15) is 40.0 Å². The quantitative estimate of drug-likeness (QED) is 0.598. The molecule has 5 nitrogen and oxygen atoms in total. The SMILES string of the molecule is Cc1ccc(S(=O)(=O)Nc2ccc(C(=O)N[C@H](C)c3ccc(F)cc3)cc2C)cc1. The Morgan fingerprint density at radius 1 is 0.933 bits per heavy atom. The van der Waals surface area contributed by atoms with Crippen LogP contribution in [0.25, 0.3) is 0 Å². The van der Waals surface area contributed by atoms with E-state index in [2.05, 4.69) is 10.0 Å². The van der Waals surface area contributed by atoms with Crippen LogP contribution in [0.15, 0.2) is 71.6 Å². The second-order valence-electron chi connectivity index (χ2n) is 7.19. The smallest absolute Gasteiger partial charge is 0.261 e. The highest BCUT2D eigenvalue weighted by Crippen LogP contribution is 2.22. The molecule has 0 radical (unpaired) electrons. The number of hydrogen-bond donors (Lipinski definition) is 2. The van der Waals surface area contributed by atoms with Crippen LogP contribution < -0.4 is 10.0 Å². The average molecular weight is 427 g/mol. The molecule has 2 N–H and O–H groups in total. The van der Waals surface area contributed by atoms with Crippen molar-refractivity contribution in [3.63, 3.8) is 0 Å². The zero-order chi connectivity index (χ0) is 21.9. The highest BCUT2D eigenvalue weighted by Gasteiger charge is 2.17. The van der Waals surface area contributed by atoms with Gasteiger partial charge in [0.15, 0.2) is 0 Å². The van der Waals surface area contributed by atoms with Crippen molar-refractivity contribution in [1.29, 1.82) is 0 Å². The van der Waals surface area contributed by atoms with Gasteiger partial charge in [-0.15, -0.1) is 0 Å². The Morgan fingerprint density at radius 2 is 1.57 bits per heavy atom. The van der Waals surface area contributed by atoms with E-state index in [0.29, 0.717) is 16.8 Å². The van der Waals surface area contributed by atoms with Crippen molar-refractivity contribution in [2.75, 3.05) is 4.72 Å². The van der Waals surface area contributed by atoms with Crippen molar-refractivity contribution in [3.8, 4) is 0 Å². The number of aryl methyl sites for hydroxylation is 2. The van der Waals surface area contributed by atoms with Crippen molar-refractivity contribution in [2.24, 2.45) is 0 Å². The molecule has 0 saturated carbocycles. The molecule has 3 rings (SSSR count). The average Bonchev–Trinajstić information content (AvgIpc) is 2.70. The van der Waals surface area contributed by atoms with Crippen molar-refractivity contribution < 1.29 is 17.6 Å². The Hall–Kier alpha value is -3.19. The number of rotatable bonds is 6. The topological polar surface area (TPSA) is 75.3 Å². The summed E-state index contributed by atoms with van der Waals surface area (Å²) in [6.07, 6.45) is 0. The fourth-order valence-corrected chi connectivity index (χ4v) is 4.09. The first-order valence-electron chi connectivity index (χ1n) is 9.42. The monoisotopic (exact) mass is 426 g/mol. The molecule has 0 aromatic heterocycles. The van der Waals surface area contributed by atoms with Gasteiger partial charge in [-0.25, -0.2) is 12.8 Å². The van der Waals surface area contributed by atoms with Crippen molar-refractivity contribution in [2.45, 2.75) is 31.7 Å². The summed E-state index contributed by atoms with van der Waals surface area (Å²) in [5, 5.41) is 2.86. The molecule has 0 bridgehead atoms. The van der Waals surface area contributed by atoms with E-state index in [-0.39, 0.29) is 22.7 Å². The molecule has 3 aromatic carbocycles. The minimum atomic E-state index is -3.73. The largest absolute Gasteiger partial charge is 0.346 e. The van der Waals surface area contributed by atoms with Crippen molar-refractivity contribution in [1.82, 2.24) is 5.32 Å². The lowest BCUT2D eigenvalue weighted by Gasteiger charge is -2.16. The van der Waals surface area contributed by atoms with E-state index in [0.717, 1.165) is 11.1 Å². The summed E-state index contributed by atoms with van der Waals surface area (Å²) < 4.78 is 40.8. The Labute approximate surface area is 176 Å². The van der Waals surface area contributed by atoms with E-state index < -0.39 is 10.0 Å². The second-order valence-corrected chi connectivity index (χ2v) is 8.88. The first-order valence-corrected chi connectivity index (χ1v) is 10.9. The van der Waals surface area contributed by atoms with Gasteiger partial charge in [-0.05, 0) is 74.4 Å². The molecule has 0 aliphatic heterocycles. The molecule has 7 heteroatoms. The van der Waals surface area contributed by atoms with Crippen LogP contribution >= 0.6 is 0 Å². The second kappa shape index (κ2) is 8.67. The van der Waals surface area contributed by atoms with E-state index in [4.69, 9.17) is 0 Å². The third kappa shape index (κ3) is 5.04. The van der Waals surface area contributed by atoms with Gasteiger partial charge in [-0.3, -0.25) is 9.52 Å². The lowest BCUT2D eigenvalue weighted by Crippen LogP contribution is -2.26. The molecule has 0 spiro atoms. The van der Waals surface area contributed by atoms with Gasteiger partial charge in [0.05, 0.1) is 16.6 Å². The first kappa shape index (κ1) is 21.5. The molecule has 0 unspecified atom stereocenters. The van der Waals surface area contributed by atoms with Crippen LogP contribution in [0.3, 0.4) is 0 Å². The number of nitrogens with one attached hydrogen (secondary N) is 2. The van der Waals surface area contributed by atoms with Crippen molar-refractivity contribution in [3.05, 3.63) is 94.8 Å². The fourth-order valence-electron chi connectivity index (χ4n) is 2.96. The van der Waals surface area contributed by atoms with Gasteiger partial charge >= 0.3 is 0 Å². The maximum atomic E-state index is 13.1. The van der Waals surface area contributed by atoms with Crippen LogP contribution in [0.5, 0.6) is 0 Å². The van der Waals surface area contributed by atoms with Crippen LogP contribution in [-0.2, 0) is 10.0 Å². The van der Waals surface area contributed by atoms with Crippen LogP contribution in [0.4, 0.5) is 10.1 Å². The third-order valence-corrected chi connectivity index (χ3v) is 6.16. The number of amides is 1. The van der Waals surface area contributed by atoms with Crippen molar-refractivity contribution >= 4 is 21.6 Å². The predicted octanol–water partition coefficient (Wildman–Crippen LogP) is 4.73. The van der Waals surface area contributed by atoms with E-state index in [1.165, 1.54) is 12.1 Å². The van der Waals surface area contributed by atoms with Gasteiger partial charge in [0.2, 0.25) is 0 Å². The number of carbonyl (C=O) groups excluding carboxylic acids is 1. The number of hydrogen-bond acceptors (Lipinski definition) is 3. The minimum absolute atomic E-state index is 0.169. The lowest BCUT2D eigenvalue weighted by atomic mass is 10.1. The first-order chi connectivity index (χ1) is 14.2. The molecular weight excluding hydrogens is 403 g/mol. The number of carbonyl (C=O) groups is 1. The molecular formula is C23H23FN2O3S. The molecule has 0 aliphatic rings. The van der Waals surface area contributed by atoms with E-state index >= 15 is 0 Å². The highest BCUT2D eigenvalue weighted by atomic mass is 32.2. The molecule has 3 aromatic rings. The summed E-state index contributed by atoms with van der Waals surface area (Å²) in [4.78, 5) is 12.7. The summed E-state index contributed by atoms with van der Waals surface area (Å²) in [6.45, 7) is 5.42. The summed E-state index contributed by atoms with van der Waals surface area (Å²) in [5.74, 6) is -0.639. The van der Waals surface area contributed by atoms with Gasteiger partial charge in [-0.2, -0.15) is 0 Å². The van der Waals surface area contributed by atoms with E-state index in [1.807, 2.05) is 13.8 Å². The van der Waals surface area contributed by atoms with E-state index in [9.17, 15) is 17.6 Å². The zero-order valence-corrected chi connectivity index (χ0v) is 17.8. The standard InChI is InChI=1S/C23H23FN2O3S/c1-15-4-11-21(12-5-15)30(28,29)26-22-13-8-19(14-16(22)2)23(27)25-17(3)18-6-9-20(24)10-7-18/h4-14,17,26H,1-3H3,(H,25,27)/t17-/m1/s1. The molecule has 1 atom stereocenters. The normalized spacial score (nSPS) is 12.3. The van der Waals surface area contributed by atoms with Gasteiger partial charge in [0, 0.05) is 5.56 Å². The summed E-state index contributed by atoms with van der Waals surface area (Å²) in [6, 6.07) is 16.9. The molecule has 156 valence electrons. The summed E-state index contributed by atoms with van der Waals surface area (Å²) in [5.41, 5.74) is 3.17. The highest BCUT2D eigenvalue weighted by molar-refractivity contribution is 7.92. The predicted molar refractivity (Wildman–Crippen MR) is 115 cm³/mol. The van der Waals surface area contributed by atoms with Gasteiger partial charge in [0.1, 0.15) is 5.82 Å². The molecule has 0 saturated heterocycles. The number of benzene rings is 3. The Morgan fingerprint density at radius 3 is 2.17 bits per heavy atom. The number of anilines is 1. The summed E-state index contributed by atoms with van der Waals surface area (Å²) in [7, 11) is -3.73. The molecule has 30 heavy (non-hydrogen) atoms. The lowest BCUT2D eigenvalue weighted by molar-refractivity contribution is 0.0940. The van der Waals surface area contributed by atoms with Gasteiger partial charge in [0.25, 0.3) is 15.9 Å². The molecule has 1 amide bonds. The Bertz CT molecular complexity index is 1160. The molecule has 0 aliphatic carbocycles. The third-order valence-electron chi connectivity index (χ3n) is 4.78. The molecule has 0 heterocycles. The van der Waals surface area contributed by atoms with Crippen LogP contribution in [-0.4, -0.2) is 14.3 Å². The van der Waals surface area contributed by atoms with E-state index in [1.54, 1.807) is 61.5 Å². The van der Waals surface area contributed by atoms with Crippen LogP contribution in [0, 0.1) is 19.7 Å². The summed E-state index contributed by atoms with van der Waals surface area (Å²) >= 11 is 0. The van der Waals surface area contributed by atoms with Crippen LogP contribution in [0.2, 0.25) is 0 Å². The number of halogens is 1. The zero-order valence-electron chi connectivity index (χ0n) is 16.9. The Kier molecular flexibility index (Phi) is 6.22. The Balaban J connectivity index is 1.73. The van der Waals surface area contributed by atoms with Gasteiger partial charge in [-0.1, -0.05) is 29.8 Å². The number of sulfonamides is 1.